The second kappa shape index (κ2) is 6.45. The van der Waals surface area contributed by atoms with Crippen molar-refractivity contribution in [2.45, 2.75) is 11.3 Å². The molecule has 1 aliphatic rings. The molecule has 1 aromatic heterocycles. The Morgan fingerprint density at radius 2 is 1.72 bits per heavy atom. The number of benzene rings is 1. The van der Waals surface area contributed by atoms with Crippen LogP contribution in [-0.2, 0) is 24.1 Å². The van der Waals surface area contributed by atoms with Crippen LogP contribution >= 0.6 is 0 Å². The summed E-state index contributed by atoms with van der Waals surface area (Å²) in [5.41, 5.74) is 0.785. The van der Waals surface area contributed by atoms with Crippen molar-refractivity contribution in [1.29, 1.82) is 0 Å². The lowest BCUT2D eigenvalue weighted by atomic mass is 10.0. The summed E-state index contributed by atoms with van der Waals surface area (Å²) >= 11 is 0. The fourth-order valence-electron chi connectivity index (χ4n) is 2.87. The molecule has 0 N–H and O–H groups in total. The van der Waals surface area contributed by atoms with Gasteiger partial charge in [0.2, 0.25) is 10.0 Å². The fraction of sp³-hybridized carbons (Fsp3) is 0.294. The van der Waals surface area contributed by atoms with E-state index in [2.05, 4.69) is 0 Å². The Balaban J connectivity index is 1.95. The Kier molecular flexibility index (Phi) is 4.49. The second-order valence-electron chi connectivity index (χ2n) is 5.96. The van der Waals surface area contributed by atoms with Gasteiger partial charge in [-0.25, -0.2) is 13.2 Å². The van der Waals surface area contributed by atoms with E-state index in [1.807, 2.05) is 36.4 Å². The lowest BCUT2D eigenvalue weighted by molar-refractivity contribution is 0.438. The van der Waals surface area contributed by atoms with E-state index >= 15 is 0 Å². The predicted octanol–water partition coefficient (Wildman–Crippen LogP) is 0.562. The van der Waals surface area contributed by atoms with Crippen molar-refractivity contribution in [2.75, 3.05) is 13.1 Å². The monoisotopic (exact) mass is 361 g/mol. The van der Waals surface area contributed by atoms with Gasteiger partial charge in [-0.2, -0.15) is 4.31 Å². The van der Waals surface area contributed by atoms with Crippen molar-refractivity contribution in [2.24, 2.45) is 14.1 Å². The normalized spacial score (nSPS) is 15.8. The highest BCUT2D eigenvalue weighted by Crippen LogP contribution is 2.24. The molecular formula is C17H19N3O4S. The van der Waals surface area contributed by atoms with Gasteiger partial charge in [0.1, 0.15) is 0 Å². The average Bonchev–Trinajstić information content (AvgIpc) is 2.63. The highest BCUT2D eigenvalue weighted by Gasteiger charge is 2.30. The van der Waals surface area contributed by atoms with Gasteiger partial charge in [0.25, 0.3) is 5.56 Å². The third kappa shape index (κ3) is 3.10. The molecular weight excluding hydrogens is 342 g/mol. The molecule has 0 bridgehead atoms. The molecule has 0 aliphatic carbocycles. The summed E-state index contributed by atoms with van der Waals surface area (Å²) in [6.07, 6.45) is 3.52. The summed E-state index contributed by atoms with van der Waals surface area (Å²) in [4.78, 5) is 23.6. The van der Waals surface area contributed by atoms with Gasteiger partial charge in [-0.15, -0.1) is 0 Å². The minimum absolute atomic E-state index is 0.193. The van der Waals surface area contributed by atoms with Crippen molar-refractivity contribution >= 4 is 15.6 Å². The van der Waals surface area contributed by atoms with E-state index in [9.17, 15) is 18.0 Å². The lowest BCUT2D eigenvalue weighted by Gasteiger charge is -2.26. The first-order chi connectivity index (χ1) is 11.8. The Hall–Kier alpha value is -2.45. The summed E-state index contributed by atoms with van der Waals surface area (Å²) in [5, 5.41) is 0. The van der Waals surface area contributed by atoms with Crippen molar-refractivity contribution in [3.05, 3.63) is 69.0 Å². The summed E-state index contributed by atoms with van der Waals surface area (Å²) in [7, 11) is -1.27. The molecule has 0 unspecified atom stereocenters. The molecule has 2 aromatic rings. The zero-order valence-corrected chi connectivity index (χ0v) is 14.9. The minimum atomic E-state index is -3.96. The third-order valence-electron chi connectivity index (χ3n) is 4.35. The first-order valence-corrected chi connectivity index (χ1v) is 9.27. The van der Waals surface area contributed by atoms with E-state index in [0.717, 1.165) is 26.5 Å². The Labute approximate surface area is 145 Å². The third-order valence-corrected chi connectivity index (χ3v) is 6.20. The largest absolute Gasteiger partial charge is 0.330 e. The SMILES string of the molecule is Cn1cc(S(=O)(=O)N2CC=C(c3ccccc3)CC2)c(=O)n(C)c1=O. The molecule has 0 saturated carbocycles. The number of aryl methyl sites for hydroxylation is 1. The molecule has 2 heterocycles. The van der Waals surface area contributed by atoms with Crippen molar-refractivity contribution < 1.29 is 8.42 Å². The van der Waals surface area contributed by atoms with Gasteiger partial charge in [-0.3, -0.25) is 9.36 Å². The van der Waals surface area contributed by atoms with Crippen molar-refractivity contribution in [1.82, 2.24) is 13.4 Å². The first kappa shape index (κ1) is 17.4. The van der Waals surface area contributed by atoms with E-state index in [1.165, 1.54) is 18.4 Å². The molecule has 0 saturated heterocycles. The van der Waals surface area contributed by atoms with Crippen LogP contribution in [0.2, 0.25) is 0 Å². The molecule has 1 aromatic carbocycles. The van der Waals surface area contributed by atoms with Gasteiger partial charge in [-0.05, 0) is 17.6 Å². The molecule has 0 spiro atoms. The standard InChI is InChI=1S/C17H19N3O4S/c1-18-12-15(16(21)19(2)17(18)22)25(23,24)20-10-8-14(9-11-20)13-6-4-3-5-7-13/h3-8,12H,9-11H2,1-2H3. The maximum atomic E-state index is 12.8. The van der Waals surface area contributed by atoms with Crippen molar-refractivity contribution in [3.8, 4) is 0 Å². The van der Waals surface area contributed by atoms with Gasteiger partial charge in [0.05, 0.1) is 0 Å². The molecule has 0 atom stereocenters. The molecule has 3 rings (SSSR count). The van der Waals surface area contributed by atoms with Crippen LogP contribution in [0.4, 0.5) is 0 Å². The zero-order valence-electron chi connectivity index (χ0n) is 14.0. The van der Waals surface area contributed by atoms with Crippen LogP contribution in [-0.4, -0.2) is 34.9 Å². The number of hydrogen-bond donors (Lipinski definition) is 0. The molecule has 0 amide bonds. The maximum Gasteiger partial charge on any atom is 0.330 e. The zero-order chi connectivity index (χ0) is 18.2. The van der Waals surface area contributed by atoms with Gasteiger partial charge >= 0.3 is 5.69 Å². The molecule has 0 radical (unpaired) electrons. The number of nitrogens with zero attached hydrogens (tertiary/aromatic N) is 3. The van der Waals surface area contributed by atoms with Crippen LogP contribution in [0, 0.1) is 0 Å². The number of aromatic nitrogens is 2. The average molecular weight is 361 g/mol. The Bertz CT molecular complexity index is 1050. The molecule has 25 heavy (non-hydrogen) atoms. The van der Waals surface area contributed by atoms with Crippen LogP contribution in [0.25, 0.3) is 5.57 Å². The summed E-state index contributed by atoms with van der Waals surface area (Å²) in [6.45, 7) is 0.480. The van der Waals surface area contributed by atoms with E-state index in [-0.39, 0.29) is 18.0 Å². The Morgan fingerprint density at radius 1 is 1.04 bits per heavy atom. The molecule has 1 aliphatic heterocycles. The number of sulfonamides is 1. The second-order valence-corrected chi connectivity index (χ2v) is 7.87. The van der Waals surface area contributed by atoms with E-state index in [4.69, 9.17) is 0 Å². The summed E-state index contributed by atoms with van der Waals surface area (Å²) < 4.78 is 28.8. The van der Waals surface area contributed by atoms with Crippen molar-refractivity contribution in [3.63, 3.8) is 0 Å². The van der Waals surface area contributed by atoms with Crippen LogP contribution in [0.15, 0.2) is 57.1 Å². The first-order valence-electron chi connectivity index (χ1n) is 7.83. The highest BCUT2D eigenvalue weighted by atomic mass is 32.2. The van der Waals surface area contributed by atoms with E-state index in [1.54, 1.807) is 0 Å². The maximum absolute atomic E-state index is 12.8. The topological polar surface area (TPSA) is 81.4 Å². The number of hydrogen-bond acceptors (Lipinski definition) is 4. The van der Waals surface area contributed by atoms with Gasteiger partial charge in [0.15, 0.2) is 4.90 Å². The minimum Gasteiger partial charge on any atom is -0.302 e. The summed E-state index contributed by atoms with van der Waals surface area (Å²) in [5.74, 6) is 0. The lowest BCUT2D eigenvalue weighted by Crippen LogP contribution is -2.43. The highest BCUT2D eigenvalue weighted by molar-refractivity contribution is 7.89. The van der Waals surface area contributed by atoms with Gasteiger partial charge < -0.3 is 4.57 Å². The Morgan fingerprint density at radius 3 is 2.32 bits per heavy atom. The van der Waals surface area contributed by atoms with Gasteiger partial charge in [-0.1, -0.05) is 36.4 Å². The van der Waals surface area contributed by atoms with Crippen LogP contribution < -0.4 is 11.2 Å². The molecule has 7 nitrogen and oxygen atoms in total. The van der Waals surface area contributed by atoms with Gasteiger partial charge in [0, 0.05) is 33.4 Å². The quantitative estimate of drug-likeness (QED) is 0.800. The molecule has 0 fully saturated rings. The fourth-order valence-corrected chi connectivity index (χ4v) is 4.40. The number of rotatable bonds is 3. The van der Waals surface area contributed by atoms with Crippen LogP contribution in [0.3, 0.4) is 0 Å². The van der Waals surface area contributed by atoms with Crippen LogP contribution in [0.5, 0.6) is 0 Å². The van der Waals surface area contributed by atoms with E-state index in [0.29, 0.717) is 6.42 Å². The molecule has 132 valence electrons. The molecule has 8 heteroatoms. The summed E-state index contributed by atoms with van der Waals surface area (Å²) in [6, 6.07) is 9.78. The predicted molar refractivity (Wildman–Crippen MR) is 94.7 cm³/mol. The van der Waals surface area contributed by atoms with Crippen LogP contribution in [0.1, 0.15) is 12.0 Å². The van der Waals surface area contributed by atoms with E-state index < -0.39 is 21.3 Å². The smallest absolute Gasteiger partial charge is 0.302 e.